The number of halogens is 1. The normalized spacial score (nSPS) is 21.2. The van der Waals surface area contributed by atoms with Crippen LogP contribution in [0, 0.1) is 11.7 Å². The van der Waals surface area contributed by atoms with E-state index in [9.17, 15) is 18.8 Å². The van der Waals surface area contributed by atoms with Crippen LogP contribution in [0.1, 0.15) is 54.4 Å². The van der Waals surface area contributed by atoms with Gasteiger partial charge in [0.25, 0.3) is 11.8 Å². The molecule has 3 heterocycles. The summed E-state index contributed by atoms with van der Waals surface area (Å²) in [5.74, 6) is -0.873. The second-order valence-corrected chi connectivity index (χ2v) is 9.59. The summed E-state index contributed by atoms with van der Waals surface area (Å²) in [5, 5.41) is 10.0. The summed E-state index contributed by atoms with van der Waals surface area (Å²) in [6.07, 6.45) is 1.22. The molecule has 1 atom stereocenters. The highest BCUT2D eigenvalue weighted by molar-refractivity contribution is 6.07. The topological polar surface area (TPSA) is 108 Å². The van der Waals surface area contributed by atoms with Crippen molar-refractivity contribution in [3.8, 4) is 0 Å². The van der Waals surface area contributed by atoms with Gasteiger partial charge in [-0.2, -0.15) is 5.10 Å². The third-order valence-corrected chi connectivity index (χ3v) is 7.01. The minimum Gasteiger partial charge on any atom is -0.383 e. The van der Waals surface area contributed by atoms with Crippen molar-refractivity contribution in [3.05, 3.63) is 53.1 Å². The van der Waals surface area contributed by atoms with Crippen LogP contribution in [-0.4, -0.2) is 76.7 Å². The number of aromatic amines is 1. The Morgan fingerprint density at radius 1 is 1.26 bits per heavy atom. The summed E-state index contributed by atoms with van der Waals surface area (Å²) in [6.45, 7) is 5.27. The molecule has 0 saturated carbocycles. The van der Waals surface area contributed by atoms with E-state index in [-0.39, 0.29) is 43.2 Å². The molecule has 2 fully saturated rings. The highest BCUT2D eigenvalue weighted by atomic mass is 19.1. The van der Waals surface area contributed by atoms with Gasteiger partial charge in [0.15, 0.2) is 0 Å². The van der Waals surface area contributed by atoms with Gasteiger partial charge in [0.05, 0.1) is 13.2 Å². The zero-order chi connectivity index (χ0) is 25.2. The summed E-state index contributed by atoms with van der Waals surface area (Å²) in [4.78, 5) is 42.4. The van der Waals surface area contributed by atoms with E-state index in [1.807, 2.05) is 13.8 Å². The number of nitrogens with zero attached hydrogens (tertiary/aromatic N) is 3. The van der Waals surface area contributed by atoms with Gasteiger partial charge in [-0.1, -0.05) is 26.0 Å². The zero-order valence-corrected chi connectivity index (χ0v) is 20.3. The number of hydrogen-bond donors (Lipinski definition) is 2. The molecule has 2 aromatic rings. The van der Waals surface area contributed by atoms with Crippen LogP contribution in [0.3, 0.4) is 0 Å². The number of carbonyl (C=O) groups excluding carboxylic acids is 3. The number of imide groups is 1. The number of H-pyrrole nitrogens is 1. The van der Waals surface area contributed by atoms with Gasteiger partial charge >= 0.3 is 6.03 Å². The Balaban J connectivity index is 1.54. The molecule has 0 radical (unpaired) electrons. The molecular formula is C25H32FN5O4. The monoisotopic (exact) mass is 485 g/mol. The largest absolute Gasteiger partial charge is 0.383 e. The molecule has 0 bridgehead atoms. The molecular weight excluding hydrogens is 453 g/mol. The maximum Gasteiger partial charge on any atom is 0.325 e. The summed E-state index contributed by atoms with van der Waals surface area (Å²) in [5.41, 5.74) is 0.694. The predicted octanol–water partition coefficient (Wildman–Crippen LogP) is 2.70. The number of urea groups is 1. The van der Waals surface area contributed by atoms with Gasteiger partial charge in [0.2, 0.25) is 0 Å². The Kier molecular flexibility index (Phi) is 7.20. The van der Waals surface area contributed by atoms with E-state index < -0.39 is 17.4 Å². The fourth-order valence-corrected chi connectivity index (χ4v) is 5.02. The van der Waals surface area contributed by atoms with Gasteiger partial charge in [-0.25, -0.2) is 9.18 Å². The Bertz CT molecular complexity index is 1100. The molecule has 10 heteroatoms. The molecule has 2 aliphatic rings. The molecule has 2 N–H and O–H groups in total. The lowest BCUT2D eigenvalue weighted by Crippen LogP contribution is -2.58. The average Bonchev–Trinajstić information content (AvgIpc) is 3.42. The molecule has 4 rings (SSSR count). The van der Waals surface area contributed by atoms with E-state index in [0.717, 1.165) is 5.69 Å². The molecule has 0 spiro atoms. The highest BCUT2D eigenvalue weighted by Gasteiger charge is 2.56. The lowest BCUT2D eigenvalue weighted by molar-refractivity contribution is -0.134. The van der Waals surface area contributed by atoms with Crippen LogP contribution in [0.25, 0.3) is 0 Å². The van der Waals surface area contributed by atoms with Crippen LogP contribution in [0.4, 0.5) is 9.18 Å². The second-order valence-electron chi connectivity index (χ2n) is 9.59. The highest BCUT2D eigenvalue weighted by Crippen LogP contribution is 2.37. The second kappa shape index (κ2) is 10.2. The van der Waals surface area contributed by atoms with Crippen LogP contribution in [0.2, 0.25) is 0 Å². The molecule has 0 unspecified atom stereocenters. The summed E-state index contributed by atoms with van der Waals surface area (Å²) in [7, 11) is 1.51. The van der Waals surface area contributed by atoms with Crippen LogP contribution >= 0.6 is 0 Å². The third kappa shape index (κ3) is 4.93. The van der Waals surface area contributed by atoms with Crippen molar-refractivity contribution >= 4 is 17.8 Å². The number of hydrogen-bond acceptors (Lipinski definition) is 5. The number of amides is 4. The van der Waals surface area contributed by atoms with Crippen molar-refractivity contribution in [2.75, 3.05) is 33.4 Å². The minimum absolute atomic E-state index is 0.140. The van der Waals surface area contributed by atoms with Gasteiger partial charge < -0.3 is 15.0 Å². The van der Waals surface area contributed by atoms with Crippen molar-refractivity contribution < 1.29 is 23.5 Å². The number of piperidine rings is 1. The smallest absolute Gasteiger partial charge is 0.325 e. The fraction of sp³-hybridized carbons (Fsp3) is 0.520. The Morgan fingerprint density at radius 2 is 2.00 bits per heavy atom. The zero-order valence-electron chi connectivity index (χ0n) is 20.3. The Morgan fingerprint density at radius 3 is 2.63 bits per heavy atom. The number of likely N-dealkylation sites (tertiary alicyclic amines) is 1. The number of ether oxygens (including phenoxy) is 1. The van der Waals surface area contributed by atoms with E-state index in [1.54, 1.807) is 23.1 Å². The van der Waals surface area contributed by atoms with Gasteiger partial charge in [-0.3, -0.25) is 19.6 Å². The molecule has 4 amide bonds. The van der Waals surface area contributed by atoms with E-state index >= 15 is 0 Å². The van der Waals surface area contributed by atoms with Gasteiger partial charge in [0.1, 0.15) is 17.1 Å². The lowest BCUT2D eigenvalue weighted by Gasteiger charge is -2.41. The van der Waals surface area contributed by atoms with E-state index in [4.69, 9.17) is 4.74 Å². The Hall–Kier alpha value is -3.27. The van der Waals surface area contributed by atoms with Gasteiger partial charge in [0, 0.05) is 32.3 Å². The van der Waals surface area contributed by atoms with E-state index in [2.05, 4.69) is 15.5 Å². The van der Waals surface area contributed by atoms with Crippen molar-refractivity contribution in [1.82, 2.24) is 25.3 Å². The number of rotatable bonds is 8. The molecule has 1 aromatic heterocycles. The fourth-order valence-electron chi connectivity index (χ4n) is 5.02. The summed E-state index contributed by atoms with van der Waals surface area (Å²) < 4.78 is 19.0. The average molecular weight is 486 g/mol. The summed E-state index contributed by atoms with van der Waals surface area (Å²) in [6, 6.07) is 7.39. The number of benzene rings is 1. The molecule has 0 aliphatic carbocycles. The molecule has 1 aromatic carbocycles. The summed E-state index contributed by atoms with van der Waals surface area (Å²) >= 11 is 0. The number of carbonyl (C=O) groups is 3. The SMILES string of the molecule is COCCN1C(=O)N[C@](Cc2cccc(F)c2)(C2CCN(C(=O)c3cc(C(C)C)[nH]n3)CC2)C1=O. The third-order valence-electron chi connectivity index (χ3n) is 7.01. The number of methoxy groups -OCH3 is 1. The molecule has 9 nitrogen and oxygen atoms in total. The molecule has 188 valence electrons. The van der Waals surface area contributed by atoms with Crippen LogP contribution in [-0.2, 0) is 16.0 Å². The molecule has 2 aliphatic heterocycles. The first kappa shape index (κ1) is 24.8. The van der Waals surface area contributed by atoms with Crippen molar-refractivity contribution in [2.45, 2.75) is 44.6 Å². The van der Waals surface area contributed by atoms with E-state index in [1.165, 1.54) is 24.1 Å². The first-order valence-electron chi connectivity index (χ1n) is 12.0. The number of nitrogens with one attached hydrogen (secondary N) is 2. The van der Waals surface area contributed by atoms with Crippen LogP contribution in [0.15, 0.2) is 30.3 Å². The maximum absolute atomic E-state index is 13.9. The van der Waals surface area contributed by atoms with Gasteiger partial charge in [-0.05, 0) is 48.4 Å². The minimum atomic E-state index is -1.20. The van der Waals surface area contributed by atoms with Crippen LogP contribution < -0.4 is 5.32 Å². The van der Waals surface area contributed by atoms with E-state index in [0.29, 0.717) is 37.2 Å². The standard InChI is InChI=1S/C25H32FN5O4/c1-16(2)20-14-21(29-28-20)22(32)30-9-7-18(8-10-30)25(15-17-5-4-6-19(26)13-17)23(33)31(11-12-35-3)24(34)27-25/h4-6,13-14,16,18H,7-12,15H2,1-3H3,(H,27,34)(H,28,29)/t25-/m1/s1. The van der Waals surface area contributed by atoms with Gasteiger partial charge in [-0.15, -0.1) is 0 Å². The van der Waals surface area contributed by atoms with Crippen molar-refractivity contribution in [1.29, 1.82) is 0 Å². The number of aromatic nitrogens is 2. The first-order valence-corrected chi connectivity index (χ1v) is 12.0. The maximum atomic E-state index is 13.9. The van der Waals surface area contributed by atoms with Crippen molar-refractivity contribution in [3.63, 3.8) is 0 Å². The Labute approximate surface area is 204 Å². The first-order chi connectivity index (χ1) is 16.7. The quantitative estimate of drug-likeness (QED) is 0.559. The van der Waals surface area contributed by atoms with Crippen LogP contribution in [0.5, 0.6) is 0 Å². The van der Waals surface area contributed by atoms with Crippen molar-refractivity contribution in [2.24, 2.45) is 5.92 Å². The lowest BCUT2D eigenvalue weighted by atomic mass is 9.74. The molecule has 2 saturated heterocycles. The molecule has 35 heavy (non-hydrogen) atoms. The predicted molar refractivity (Wildman–Crippen MR) is 126 cm³/mol.